The molecule has 0 spiro atoms. The molecule has 5 heterocycles. The summed E-state index contributed by atoms with van der Waals surface area (Å²) in [6, 6.07) is 10.3. The van der Waals surface area contributed by atoms with E-state index in [2.05, 4.69) is 15.3 Å². The molecule has 14 heteroatoms. The number of benzene rings is 1. The van der Waals surface area contributed by atoms with Crippen molar-refractivity contribution < 1.29 is 14.0 Å². The summed E-state index contributed by atoms with van der Waals surface area (Å²) in [6.45, 7) is 8.43. The molecule has 0 bridgehead atoms. The zero-order chi connectivity index (χ0) is 34.3. The molecule has 0 aliphatic carbocycles. The van der Waals surface area contributed by atoms with Gasteiger partial charge in [-0.2, -0.15) is 5.10 Å². The minimum absolute atomic E-state index is 0.0369. The number of hydrogen-bond acceptors (Lipinski definition) is 8. The van der Waals surface area contributed by atoms with Gasteiger partial charge < -0.3 is 16.0 Å². The van der Waals surface area contributed by atoms with Gasteiger partial charge in [0.25, 0.3) is 11.5 Å². The first-order chi connectivity index (χ1) is 23.0. The average Bonchev–Trinajstić information content (AvgIpc) is 3.45. The van der Waals surface area contributed by atoms with Crippen molar-refractivity contribution >= 4 is 34.2 Å². The third kappa shape index (κ3) is 5.85. The first kappa shape index (κ1) is 32.3. The number of pyridine rings is 2. The lowest BCUT2D eigenvalue weighted by Crippen LogP contribution is -2.43. The van der Waals surface area contributed by atoms with E-state index in [4.69, 9.17) is 10.8 Å². The maximum Gasteiger partial charge on any atom is 0.337 e. The number of rotatable bonds is 7. The number of fused-ring (bicyclic) bond motifs is 1. The molecular weight excluding hydrogens is 617 g/mol. The number of anilines is 2. The van der Waals surface area contributed by atoms with Gasteiger partial charge >= 0.3 is 5.69 Å². The van der Waals surface area contributed by atoms with Gasteiger partial charge in [-0.3, -0.25) is 23.6 Å². The van der Waals surface area contributed by atoms with Crippen molar-refractivity contribution in [3.05, 3.63) is 93.3 Å². The van der Waals surface area contributed by atoms with Gasteiger partial charge in [0.1, 0.15) is 28.7 Å². The Morgan fingerprint density at radius 3 is 2.40 bits per heavy atom. The molecule has 0 unspecified atom stereocenters. The Morgan fingerprint density at radius 2 is 1.75 bits per heavy atom. The highest BCUT2D eigenvalue weighted by atomic mass is 19.1. The summed E-state index contributed by atoms with van der Waals surface area (Å²) in [4.78, 5) is 62.7. The Bertz CT molecular complexity index is 2150. The van der Waals surface area contributed by atoms with E-state index in [0.717, 1.165) is 10.6 Å². The number of hydrogen-bond donors (Lipinski definition) is 2. The highest BCUT2D eigenvalue weighted by Crippen LogP contribution is 2.36. The first-order valence-corrected chi connectivity index (χ1v) is 15.8. The molecule has 1 aliphatic rings. The summed E-state index contributed by atoms with van der Waals surface area (Å²) < 4.78 is 19.8. The second-order valence-electron chi connectivity index (χ2n) is 12.4. The van der Waals surface area contributed by atoms with E-state index in [9.17, 15) is 19.2 Å². The highest BCUT2D eigenvalue weighted by molar-refractivity contribution is 6.04. The minimum atomic E-state index is -0.857. The zero-order valence-electron chi connectivity index (χ0n) is 27.1. The number of nitrogens with zero attached hydrogens (tertiary/aromatic N) is 7. The van der Waals surface area contributed by atoms with E-state index in [1.807, 2.05) is 23.4 Å². The van der Waals surface area contributed by atoms with Gasteiger partial charge in [-0.05, 0) is 63.1 Å². The van der Waals surface area contributed by atoms with Crippen LogP contribution in [0.5, 0.6) is 0 Å². The number of piperidine rings is 1. The fourth-order valence-corrected chi connectivity index (χ4v) is 6.04. The number of nitrogen functional groups attached to an aromatic ring is 1. The van der Waals surface area contributed by atoms with Crippen LogP contribution in [0.2, 0.25) is 0 Å². The summed E-state index contributed by atoms with van der Waals surface area (Å²) in [7, 11) is 0. The summed E-state index contributed by atoms with van der Waals surface area (Å²) in [5.74, 6) is -1.21. The molecule has 48 heavy (non-hydrogen) atoms. The molecule has 2 amide bonds. The van der Waals surface area contributed by atoms with Gasteiger partial charge in [0.2, 0.25) is 5.91 Å². The molecule has 13 nitrogen and oxygen atoms in total. The Balaban J connectivity index is 1.32. The van der Waals surface area contributed by atoms with Crippen LogP contribution >= 0.6 is 0 Å². The van der Waals surface area contributed by atoms with Crippen molar-refractivity contribution in [3.8, 4) is 17.1 Å². The number of carbonyl (C=O) groups is 2. The molecule has 1 saturated heterocycles. The highest BCUT2D eigenvalue weighted by Gasteiger charge is 2.29. The van der Waals surface area contributed by atoms with Crippen LogP contribution in [0.25, 0.3) is 28.0 Å². The minimum Gasteiger partial charge on any atom is -0.383 e. The molecule has 1 aromatic carbocycles. The van der Waals surface area contributed by atoms with Crippen molar-refractivity contribution in [2.75, 3.05) is 24.1 Å². The number of likely N-dealkylation sites (tertiary alicyclic amines) is 1. The Labute approximate surface area is 274 Å². The van der Waals surface area contributed by atoms with E-state index in [1.165, 1.54) is 35.2 Å². The van der Waals surface area contributed by atoms with Crippen molar-refractivity contribution in [2.45, 2.75) is 52.6 Å². The topological polar surface area (TPSA) is 163 Å². The standard InChI is InChI=1S/C34H36FN9O4/c1-19(2)32(46)41-15-11-22(12-16-41)44-26-10-14-38-30(36)28(26)29(40-44)23-9-8-21(17-25(23)35)39-31(45)24-18-42(20(3)4)34(48)43(33(24)47)27-7-5-6-13-37-27/h5-10,13-14,17-20,22H,11-12,15-16H2,1-4H3,(H2,36,38)(H,39,45). The Morgan fingerprint density at radius 1 is 1.00 bits per heavy atom. The van der Waals surface area contributed by atoms with Crippen molar-refractivity contribution in [3.63, 3.8) is 0 Å². The molecule has 0 radical (unpaired) electrons. The third-order valence-electron chi connectivity index (χ3n) is 8.54. The van der Waals surface area contributed by atoms with Crippen LogP contribution in [0.15, 0.2) is 70.6 Å². The van der Waals surface area contributed by atoms with E-state index < -0.39 is 23.0 Å². The average molecular weight is 654 g/mol. The van der Waals surface area contributed by atoms with E-state index in [1.54, 1.807) is 38.2 Å². The summed E-state index contributed by atoms with van der Waals surface area (Å²) in [5, 5.41) is 7.90. The van der Waals surface area contributed by atoms with Gasteiger partial charge in [-0.15, -0.1) is 0 Å². The van der Waals surface area contributed by atoms with Crippen molar-refractivity contribution in [1.29, 1.82) is 0 Å². The molecule has 1 fully saturated rings. The first-order valence-electron chi connectivity index (χ1n) is 15.8. The number of nitrogens with one attached hydrogen (secondary N) is 1. The van der Waals surface area contributed by atoms with E-state index >= 15 is 4.39 Å². The molecule has 4 aromatic heterocycles. The summed E-state index contributed by atoms with van der Waals surface area (Å²) in [5.41, 5.74) is 5.72. The van der Waals surface area contributed by atoms with Gasteiger partial charge in [0, 0.05) is 54.9 Å². The quantitative estimate of drug-likeness (QED) is 0.264. The lowest BCUT2D eigenvalue weighted by Gasteiger charge is -2.33. The fourth-order valence-electron chi connectivity index (χ4n) is 6.04. The van der Waals surface area contributed by atoms with Crippen molar-refractivity contribution in [2.24, 2.45) is 5.92 Å². The maximum atomic E-state index is 15.9. The normalized spacial score (nSPS) is 13.9. The monoisotopic (exact) mass is 653 g/mol. The number of nitrogens with two attached hydrogens (primary N) is 1. The Hall–Kier alpha value is -5.66. The number of halogens is 1. The summed E-state index contributed by atoms with van der Waals surface area (Å²) in [6.07, 6.45) is 5.57. The fraction of sp³-hybridized carbons (Fsp3) is 0.324. The van der Waals surface area contributed by atoms with Crippen LogP contribution in [0, 0.1) is 11.7 Å². The second kappa shape index (κ2) is 12.9. The lowest BCUT2D eigenvalue weighted by molar-refractivity contribution is -0.135. The predicted molar refractivity (Wildman–Crippen MR) is 179 cm³/mol. The molecule has 5 aromatic rings. The van der Waals surface area contributed by atoms with E-state index in [0.29, 0.717) is 42.5 Å². The number of amides is 2. The van der Waals surface area contributed by atoms with Crippen LogP contribution in [-0.2, 0) is 4.79 Å². The molecule has 1 aliphatic heterocycles. The molecule has 6 rings (SSSR count). The van der Waals surface area contributed by atoms with Crippen LogP contribution in [0.4, 0.5) is 15.9 Å². The van der Waals surface area contributed by atoms with Gasteiger partial charge in [0.15, 0.2) is 0 Å². The van der Waals surface area contributed by atoms with Gasteiger partial charge in [-0.1, -0.05) is 19.9 Å². The van der Waals surface area contributed by atoms with Gasteiger partial charge in [0.05, 0.1) is 16.9 Å². The van der Waals surface area contributed by atoms with Crippen LogP contribution in [-0.4, -0.2) is 58.7 Å². The smallest absolute Gasteiger partial charge is 0.337 e. The van der Waals surface area contributed by atoms with E-state index in [-0.39, 0.29) is 52.4 Å². The van der Waals surface area contributed by atoms with Crippen molar-refractivity contribution in [1.82, 2.24) is 33.8 Å². The molecular formula is C34H36FN9O4. The summed E-state index contributed by atoms with van der Waals surface area (Å²) >= 11 is 0. The predicted octanol–water partition coefficient (Wildman–Crippen LogP) is 4.18. The maximum absolute atomic E-state index is 15.9. The number of carbonyl (C=O) groups excluding carboxylic acids is 2. The molecule has 0 atom stereocenters. The zero-order valence-corrected chi connectivity index (χ0v) is 27.1. The SMILES string of the molecule is CC(C)C(=O)N1CCC(n2nc(-c3ccc(NC(=O)c4cn(C(C)C)c(=O)n(-c5ccccn5)c4=O)cc3F)c3c(N)nccc32)CC1. The Kier molecular flexibility index (Phi) is 8.65. The van der Waals surface area contributed by atoms with Crippen LogP contribution < -0.4 is 22.3 Å². The lowest BCUT2D eigenvalue weighted by atomic mass is 10.0. The second-order valence-corrected chi connectivity index (χ2v) is 12.4. The molecule has 0 saturated carbocycles. The van der Waals surface area contributed by atoms with Crippen LogP contribution in [0.3, 0.4) is 0 Å². The molecule has 3 N–H and O–H groups in total. The number of aromatic nitrogens is 6. The van der Waals surface area contributed by atoms with Gasteiger partial charge in [-0.25, -0.2) is 23.7 Å². The third-order valence-corrected chi connectivity index (χ3v) is 8.54. The largest absolute Gasteiger partial charge is 0.383 e. The van der Waals surface area contributed by atoms with Crippen LogP contribution in [0.1, 0.15) is 63.0 Å². The molecule has 248 valence electrons.